The molecule has 1 amide bonds. The van der Waals surface area contributed by atoms with Crippen molar-refractivity contribution in [2.24, 2.45) is 0 Å². The first-order valence-electron chi connectivity index (χ1n) is 8.93. The van der Waals surface area contributed by atoms with E-state index in [0.717, 1.165) is 15.6 Å². The van der Waals surface area contributed by atoms with E-state index in [9.17, 15) is 4.79 Å². The largest absolute Gasteiger partial charge is 0.493 e. The molecule has 0 saturated carbocycles. The van der Waals surface area contributed by atoms with Crippen molar-refractivity contribution in [1.82, 2.24) is 10.2 Å². The number of hydrogen-bond acceptors (Lipinski definition) is 7. The van der Waals surface area contributed by atoms with Crippen LogP contribution in [0.4, 0.5) is 5.13 Å². The normalized spacial score (nSPS) is 10.9. The van der Waals surface area contributed by atoms with Gasteiger partial charge in [0, 0.05) is 13.2 Å². The maximum Gasteiger partial charge on any atom is 0.250 e. The van der Waals surface area contributed by atoms with Crippen LogP contribution in [0, 0.1) is 0 Å². The number of anilines is 1. The highest BCUT2D eigenvalue weighted by molar-refractivity contribution is 9.10. The third-order valence-corrected chi connectivity index (χ3v) is 5.27. The molecule has 1 heterocycles. The number of aromatic nitrogens is 2. The molecule has 1 aromatic heterocycles. The van der Waals surface area contributed by atoms with Gasteiger partial charge in [-0.15, -0.1) is 10.2 Å². The van der Waals surface area contributed by atoms with Gasteiger partial charge in [0.1, 0.15) is 18.2 Å². The van der Waals surface area contributed by atoms with E-state index in [4.69, 9.17) is 14.2 Å². The molecule has 7 nitrogen and oxygen atoms in total. The van der Waals surface area contributed by atoms with Crippen LogP contribution < -0.4 is 14.8 Å². The maximum absolute atomic E-state index is 12.2. The number of ether oxygens (including phenoxy) is 3. The highest BCUT2D eigenvalue weighted by Crippen LogP contribution is 2.37. The first-order valence-corrected chi connectivity index (χ1v) is 10.5. The van der Waals surface area contributed by atoms with E-state index in [2.05, 4.69) is 31.4 Å². The van der Waals surface area contributed by atoms with Gasteiger partial charge in [-0.1, -0.05) is 41.7 Å². The van der Waals surface area contributed by atoms with Crippen LogP contribution in [-0.2, 0) is 22.7 Å². The molecule has 0 spiro atoms. The summed E-state index contributed by atoms with van der Waals surface area (Å²) in [5, 5.41) is 11.6. The number of amides is 1. The second kappa shape index (κ2) is 10.9. The predicted molar refractivity (Wildman–Crippen MR) is 120 cm³/mol. The Morgan fingerprint density at radius 3 is 2.70 bits per heavy atom. The number of hydrogen-bond donors (Lipinski definition) is 1. The number of nitrogens with zero attached hydrogens (tertiary/aromatic N) is 2. The molecule has 0 saturated heterocycles. The third-order valence-electron chi connectivity index (χ3n) is 3.87. The van der Waals surface area contributed by atoms with Gasteiger partial charge in [0.05, 0.1) is 11.6 Å². The molecule has 0 aliphatic rings. The number of carbonyl (C=O) groups is 1. The summed E-state index contributed by atoms with van der Waals surface area (Å²) < 4.78 is 17.1. The fourth-order valence-electron chi connectivity index (χ4n) is 2.51. The number of nitrogens with one attached hydrogen (secondary N) is 1. The summed E-state index contributed by atoms with van der Waals surface area (Å²) >= 11 is 4.79. The van der Waals surface area contributed by atoms with Crippen molar-refractivity contribution in [3.05, 3.63) is 69.1 Å². The fraction of sp³-hybridized carbons (Fsp3) is 0.190. The van der Waals surface area contributed by atoms with Crippen molar-refractivity contribution in [1.29, 1.82) is 0 Å². The Kier molecular flexibility index (Phi) is 7.95. The Bertz CT molecular complexity index is 1020. The molecule has 0 aliphatic heterocycles. The summed E-state index contributed by atoms with van der Waals surface area (Å²) in [6.07, 6.45) is 3.10. The Morgan fingerprint density at radius 1 is 1.17 bits per heavy atom. The molecule has 0 radical (unpaired) electrons. The van der Waals surface area contributed by atoms with Gasteiger partial charge in [-0.3, -0.25) is 10.1 Å². The summed E-state index contributed by atoms with van der Waals surface area (Å²) in [6.45, 7) is 0.774. The number of methoxy groups -OCH3 is 2. The minimum absolute atomic E-state index is 0.311. The summed E-state index contributed by atoms with van der Waals surface area (Å²) in [6, 6.07) is 13.5. The topological polar surface area (TPSA) is 82.6 Å². The van der Waals surface area contributed by atoms with Crippen LogP contribution in [0.25, 0.3) is 6.08 Å². The van der Waals surface area contributed by atoms with Crippen molar-refractivity contribution >= 4 is 44.4 Å². The Labute approximate surface area is 186 Å². The maximum atomic E-state index is 12.2. The zero-order valence-electron chi connectivity index (χ0n) is 16.4. The van der Waals surface area contributed by atoms with Crippen LogP contribution in [0.2, 0.25) is 0 Å². The van der Waals surface area contributed by atoms with E-state index in [1.165, 1.54) is 17.4 Å². The second-order valence-electron chi connectivity index (χ2n) is 6.06. The number of halogens is 1. The van der Waals surface area contributed by atoms with E-state index in [0.29, 0.717) is 34.9 Å². The fourth-order valence-corrected chi connectivity index (χ4v) is 3.80. The van der Waals surface area contributed by atoms with E-state index in [1.54, 1.807) is 26.4 Å². The molecule has 1 N–H and O–H groups in total. The second-order valence-corrected chi connectivity index (χ2v) is 7.98. The van der Waals surface area contributed by atoms with E-state index < -0.39 is 0 Å². The van der Waals surface area contributed by atoms with Gasteiger partial charge in [-0.2, -0.15) is 0 Å². The smallest absolute Gasteiger partial charge is 0.250 e. The van der Waals surface area contributed by atoms with Crippen molar-refractivity contribution in [2.75, 3.05) is 19.5 Å². The Balaban J connectivity index is 1.66. The van der Waals surface area contributed by atoms with Crippen LogP contribution >= 0.6 is 27.3 Å². The van der Waals surface area contributed by atoms with Crippen molar-refractivity contribution in [3.63, 3.8) is 0 Å². The molecule has 0 fully saturated rings. The van der Waals surface area contributed by atoms with Crippen molar-refractivity contribution in [3.8, 4) is 11.5 Å². The zero-order valence-corrected chi connectivity index (χ0v) is 18.8. The standard InChI is InChI=1S/C21H20BrN3O4S/c1-27-13-19-24-25-21(30-19)23-18(26)9-8-15-10-16(22)20(17(11-15)28-2)29-12-14-6-4-3-5-7-14/h3-11H,12-13H2,1-2H3,(H,23,25,26)/b9-8+. The van der Waals surface area contributed by atoms with Gasteiger partial charge in [0.15, 0.2) is 11.5 Å². The van der Waals surface area contributed by atoms with E-state index in [-0.39, 0.29) is 5.91 Å². The highest BCUT2D eigenvalue weighted by atomic mass is 79.9. The zero-order chi connectivity index (χ0) is 21.3. The Hall–Kier alpha value is -2.75. The Morgan fingerprint density at radius 2 is 1.97 bits per heavy atom. The molecular weight excluding hydrogens is 470 g/mol. The van der Waals surface area contributed by atoms with Gasteiger partial charge in [0.25, 0.3) is 0 Å². The molecule has 0 unspecified atom stereocenters. The van der Waals surface area contributed by atoms with Gasteiger partial charge in [-0.25, -0.2) is 0 Å². The van der Waals surface area contributed by atoms with Crippen LogP contribution in [0.1, 0.15) is 16.1 Å². The van der Waals surface area contributed by atoms with Gasteiger partial charge >= 0.3 is 0 Å². The summed E-state index contributed by atoms with van der Waals surface area (Å²) in [5.41, 5.74) is 1.83. The lowest BCUT2D eigenvalue weighted by atomic mass is 10.2. The van der Waals surface area contributed by atoms with Crippen molar-refractivity contribution < 1.29 is 19.0 Å². The quantitative estimate of drug-likeness (QED) is 0.439. The predicted octanol–water partition coefficient (Wildman–Crippen LogP) is 4.69. The molecule has 30 heavy (non-hydrogen) atoms. The van der Waals surface area contributed by atoms with Gasteiger partial charge < -0.3 is 14.2 Å². The third kappa shape index (κ3) is 6.12. The summed E-state index contributed by atoms with van der Waals surface area (Å²) in [5.74, 6) is 0.853. The first-order chi connectivity index (χ1) is 14.6. The minimum Gasteiger partial charge on any atom is -0.493 e. The number of carbonyl (C=O) groups excluding carboxylic acids is 1. The van der Waals surface area contributed by atoms with E-state index in [1.807, 2.05) is 36.4 Å². The molecule has 0 atom stereocenters. The SMILES string of the molecule is COCc1nnc(NC(=O)/C=C/c2cc(Br)c(OCc3ccccc3)c(OC)c2)s1. The van der Waals surface area contributed by atoms with Crippen LogP contribution in [-0.4, -0.2) is 30.3 Å². The minimum atomic E-state index is -0.311. The molecule has 9 heteroatoms. The van der Waals surface area contributed by atoms with Crippen LogP contribution in [0.15, 0.2) is 53.0 Å². The lowest BCUT2D eigenvalue weighted by Gasteiger charge is -2.13. The van der Waals surface area contributed by atoms with Crippen molar-refractivity contribution in [2.45, 2.75) is 13.2 Å². The molecule has 0 bridgehead atoms. The van der Waals surface area contributed by atoms with E-state index >= 15 is 0 Å². The average molecular weight is 490 g/mol. The van der Waals surface area contributed by atoms with Gasteiger partial charge in [-0.05, 0) is 45.3 Å². The molecule has 3 rings (SSSR count). The average Bonchev–Trinajstić information content (AvgIpc) is 3.19. The first kappa shape index (κ1) is 21.9. The lowest BCUT2D eigenvalue weighted by molar-refractivity contribution is -0.111. The highest BCUT2D eigenvalue weighted by Gasteiger charge is 2.12. The molecule has 0 aliphatic carbocycles. The van der Waals surface area contributed by atoms with Crippen LogP contribution in [0.5, 0.6) is 11.5 Å². The summed E-state index contributed by atoms with van der Waals surface area (Å²) in [4.78, 5) is 12.2. The molecule has 156 valence electrons. The summed E-state index contributed by atoms with van der Waals surface area (Å²) in [7, 11) is 3.15. The number of rotatable bonds is 9. The van der Waals surface area contributed by atoms with Crippen LogP contribution in [0.3, 0.4) is 0 Å². The van der Waals surface area contributed by atoms with Gasteiger partial charge in [0.2, 0.25) is 11.0 Å². The molecule has 3 aromatic rings. The lowest BCUT2D eigenvalue weighted by Crippen LogP contribution is -2.07. The molecular formula is C21H20BrN3O4S. The monoisotopic (exact) mass is 489 g/mol. The number of benzene rings is 2. The molecule has 2 aromatic carbocycles.